The van der Waals surface area contributed by atoms with Crippen LogP contribution in [0.15, 0.2) is 0 Å². The molecule has 294 valence electrons. The highest BCUT2D eigenvalue weighted by Crippen LogP contribution is 2.43. The lowest BCUT2D eigenvalue weighted by Gasteiger charge is -2.26. The summed E-state index contributed by atoms with van der Waals surface area (Å²) in [5, 5.41) is 13.9. The molecular weight excluding hydrogens is 635 g/mol. The van der Waals surface area contributed by atoms with Crippen LogP contribution >= 0.6 is 7.82 Å². The number of hydrogen-bond acceptors (Lipinski definition) is 5. The molecule has 0 aliphatic carbocycles. The molecule has 9 heteroatoms. The summed E-state index contributed by atoms with van der Waals surface area (Å²) in [5.74, 6) is -0.144. The van der Waals surface area contributed by atoms with Crippen LogP contribution in [0.1, 0.15) is 200 Å². The van der Waals surface area contributed by atoms with E-state index in [1.54, 1.807) is 0 Å². The quantitative estimate of drug-likeness (QED) is 0.0333. The summed E-state index contributed by atoms with van der Waals surface area (Å²) < 4.78 is 23.5. The van der Waals surface area contributed by atoms with Gasteiger partial charge in [-0.2, -0.15) is 0 Å². The molecular formula is C40H84N2O6P+. The SMILES string of the molecule is CCCCCCCCCCCCCCCCCCCCC(=O)NC(COP(=O)(O)OCC[N+](C)(C)C)C(O)CCCCCCCCCCC. The number of hydrogen-bond donors (Lipinski definition) is 3. The van der Waals surface area contributed by atoms with Gasteiger partial charge in [0, 0.05) is 6.42 Å². The number of rotatable bonds is 38. The number of likely N-dealkylation sites (N-methyl/N-ethyl adjacent to an activating group) is 1. The topological polar surface area (TPSA) is 105 Å². The molecule has 0 saturated heterocycles. The lowest BCUT2D eigenvalue weighted by atomic mass is 10.0. The van der Waals surface area contributed by atoms with Crippen LogP contribution in [0.2, 0.25) is 0 Å². The van der Waals surface area contributed by atoms with Crippen LogP contribution in [-0.4, -0.2) is 73.4 Å². The first-order valence-corrected chi connectivity index (χ1v) is 22.4. The standard InChI is InChI=1S/C40H83N2O6P/c1-6-8-10-12-14-16-17-18-19-20-21-22-23-24-26-28-30-32-34-40(44)41-38(37-48-49(45,46)47-36-35-42(3,4)5)39(43)33-31-29-27-25-15-13-11-9-7-2/h38-39,43H,6-37H2,1-5H3,(H-,41,44,45,46)/p+1. The lowest BCUT2D eigenvalue weighted by Crippen LogP contribution is -2.46. The summed E-state index contributed by atoms with van der Waals surface area (Å²) in [6.45, 7) is 4.87. The van der Waals surface area contributed by atoms with E-state index in [-0.39, 0.29) is 19.1 Å². The third-order valence-electron chi connectivity index (χ3n) is 9.61. The van der Waals surface area contributed by atoms with Crippen molar-refractivity contribution in [3.8, 4) is 0 Å². The zero-order valence-corrected chi connectivity index (χ0v) is 34.1. The second kappa shape index (κ2) is 33.3. The van der Waals surface area contributed by atoms with Gasteiger partial charge in [-0.05, 0) is 12.8 Å². The second-order valence-corrected chi connectivity index (χ2v) is 17.2. The Hall–Kier alpha value is -0.500. The average Bonchev–Trinajstić information content (AvgIpc) is 3.04. The van der Waals surface area contributed by atoms with Crippen LogP contribution in [0.25, 0.3) is 0 Å². The summed E-state index contributed by atoms with van der Waals surface area (Å²) in [7, 11) is 1.62. The van der Waals surface area contributed by atoms with E-state index in [2.05, 4.69) is 19.2 Å². The summed E-state index contributed by atoms with van der Waals surface area (Å²) in [4.78, 5) is 23.0. The Morgan fingerprint density at radius 3 is 1.37 bits per heavy atom. The van der Waals surface area contributed by atoms with Crippen LogP contribution in [0.3, 0.4) is 0 Å². The number of phosphoric acid groups is 1. The Balaban J connectivity index is 4.26. The maximum atomic E-state index is 12.8. The Bertz CT molecular complexity index is 778. The molecule has 8 nitrogen and oxygen atoms in total. The zero-order valence-electron chi connectivity index (χ0n) is 33.2. The summed E-state index contributed by atoms with van der Waals surface area (Å²) >= 11 is 0. The number of aliphatic hydroxyl groups excluding tert-OH is 1. The number of phosphoric ester groups is 1. The summed E-state index contributed by atoms with van der Waals surface area (Å²) in [6.07, 6.45) is 34.1. The predicted octanol–water partition coefficient (Wildman–Crippen LogP) is 11.0. The van der Waals surface area contributed by atoms with Gasteiger partial charge < -0.3 is 19.8 Å². The number of carbonyl (C=O) groups is 1. The minimum atomic E-state index is -4.30. The van der Waals surface area contributed by atoms with Crippen LogP contribution in [0.5, 0.6) is 0 Å². The molecule has 0 aliphatic rings. The van der Waals surface area contributed by atoms with Crippen LogP contribution < -0.4 is 5.32 Å². The van der Waals surface area contributed by atoms with Crippen LogP contribution in [0.4, 0.5) is 0 Å². The molecule has 3 N–H and O–H groups in total. The first-order valence-electron chi connectivity index (χ1n) is 20.9. The molecule has 0 spiro atoms. The van der Waals surface area contributed by atoms with Crippen LogP contribution in [0, 0.1) is 0 Å². The molecule has 0 aromatic heterocycles. The maximum absolute atomic E-state index is 12.8. The maximum Gasteiger partial charge on any atom is 0.472 e. The predicted molar refractivity (Wildman–Crippen MR) is 208 cm³/mol. The number of amides is 1. The highest BCUT2D eigenvalue weighted by Gasteiger charge is 2.28. The van der Waals surface area contributed by atoms with Crippen molar-refractivity contribution in [2.24, 2.45) is 0 Å². The molecule has 0 bridgehead atoms. The van der Waals surface area contributed by atoms with E-state index in [1.807, 2.05) is 21.1 Å². The fraction of sp³-hybridized carbons (Fsp3) is 0.975. The van der Waals surface area contributed by atoms with Gasteiger partial charge in [-0.25, -0.2) is 4.57 Å². The van der Waals surface area contributed by atoms with E-state index in [4.69, 9.17) is 9.05 Å². The third kappa shape index (κ3) is 35.7. The Labute approximate surface area is 304 Å². The smallest absolute Gasteiger partial charge is 0.391 e. The van der Waals surface area contributed by atoms with Gasteiger partial charge >= 0.3 is 7.82 Å². The van der Waals surface area contributed by atoms with Gasteiger partial charge in [-0.15, -0.1) is 0 Å². The van der Waals surface area contributed by atoms with Crippen molar-refractivity contribution < 1.29 is 32.9 Å². The minimum absolute atomic E-state index is 0.0780. The van der Waals surface area contributed by atoms with E-state index in [9.17, 15) is 19.4 Å². The molecule has 1 amide bonds. The summed E-state index contributed by atoms with van der Waals surface area (Å²) in [6, 6.07) is -0.750. The Morgan fingerprint density at radius 2 is 0.980 bits per heavy atom. The number of quaternary nitrogens is 1. The van der Waals surface area contributed by atoms with Gasteiger partial charge in [0.2, 0.25) is 5.91 Å². The number of aliphatic hydroxyl groups is 1. The van der Waals surface area contributed by atoms with Crippen molar-refractivity contribution >= 4 is 13.7 Å². The fourth-order valence-corrected chi connectivity index (χ4v) is 6.96. The largest absolute Gasteiger partial charge is 0.472 e. The van der Waals surface area contributed by atoms with E-state index in [0.717, 1.165) is 38.5 Å². The number of unbranched alkanes of at least 4 members (excludes halogenated alkanes) is 25. The highest BCUT2D eigenvalue weighted by atomic mass is 31.2. The van der Waals surface area contributed by atoms with Crippen molar-refractivity contribution in [3.63, 3.8) is 0 Å². The van der Waals surface area contributed by atoms with E-state index in [1.165, 1.54) is 135 Å². The molecule has 0 heterocycles. The van der Waals surface area contributed by atoms with Gasteiger partial charge in [0.15, 0.2) is 0 Å². The number of nitrogens with one attached hydrogen (secondary N) is 1. The summed E-state index contributed by atoms with van der Waals surface area (Å²) in [5.41, 5.74) is 0. The average molecular weight is 720 g/mol. The molecule has 3 atom stereocenters. The van der Waals surface area contributed by atoms with Crippen LogP contribution in [-0.2, 0) is 18.4 Å². The van der Waals surface area contributed by atoms with Crippen molar-refractivity contribution in [2.75, 3.05) is 40.9 Å². The number of nitrogens with zero attached hydrogens (tertiary/aromatic N) is 1. The molecule has 0 aromatic carbocycles. The second-order valence-electron chi connectivity index (χ2n) is 15.7. The van der Waals surface area contributed by atoms with Crippen molar-refractivity contribution in [2.45, 2.75) is 212 Å². The molecule has 0 rings (SSSR count). The molecule has 0 saturated carbocycles. The minimum Gasteiger partial charge on any atom is -0.391 e. The van der Waals surface area contributed by atoms with Crippen molar-refractivity contribution in [1.29, 1.82) is 0 Å². The molecule has 0 aromatic rings. The van der Waals surface area contributed by atoms with Gasteiger partial charge in [-0.3, -0.25) is 13.8 Å². The van der Waals surface area contributed by atoms with Crippen molar-refractivity contribution in [1.82, 2.24) is 5.32 Å². The third-order valence-corrected chi connectivity index (χ3v) is 10.6. The lowest BCUT2D eigenvalue weighted by molar-refractivity contribution is -0.870. The van der Waals surface area contributed by atoms with Crippen molar-refractivity contribution in [3.05, 3.63) is 0 Å². The van der Waals surface area contributed by atoms with Gasteiger partial charge in [-0.1, -0.05) is 181 Å². The Kier molecular flexibility index (Phi) is 33.0. The Morgan fingerprint density at radius 1 is 0.612 bits per heavy atom. The fourth-order valence-electron chi connectivity index (χ4n) is 6.22. The number of carbonyl (C=O) groups excluding carboxylic acids is 1. The van der Waals surface area contributed by atoms with E-state index in [0.29, 0.717) is 23.9 Å². The molecule has 0 aliphatic heterocycles. The molecule has 3 unspecified atom stereocenters. The van der Waals surface area contributed by atoms with E-state index < -0.39 is 20.0 Å². The zero-order chi connectivity index (χ0) is 36.5. The van der Waals surface area contributed by atoms with E-state index >= 15 is 0 Å². The first-order chi connectivity index (χ1) is 23.5. The van der Waals surface area contributed by atoms with Gasteiger partial charge in [0.25, 0.3) is 0 Å². The normalized spacial score (nSPS) is 14.5. The molecule has 0 fully saturated rings. The highest BCUT2D eigenvalue weighted by molar-refractivity contribution is 7.47. The van der Waals surface area contributed by atoms with Gasteiger partial charge in [0.05, 0.1) is 39.9 Å². The van der Waals surface area contributed by atoms with Gasteiger partial charge in [0.1, 0.15) is 13.2 Å². The molecule has 0 radical (unpaired) electrons. The molecule has 49 heavy (non-hydrogen) atoms. The monoisotopic (exact) mass is 720 g/mol. The first kappa shape index (κ1) is 48.5.